The smallest absolute Gasteiger partial charge is 0.329 e. The van der Waals surface area contributed by atoms with Crippen LogP contribution in [0.2, 0.25) is 0 Å². The molecule has 0 bridgehead atoms. The number of hydrogen-bond acceptors (Lipinski definition) is 3. The SMILES string of the molecule is CC1CC(C(=O)OCc2ccccc2)N(C(=O)C(C(C)C)C(C)C)C1. The van der Waals surface area contributed by atoms with Crippen LogP contribution in [0.4, 0.5) is 0 Å². The molecule has 25 heavy (non-hydrogen) atoms. The highest BCUT2D eigenvalue weighted by atomic mass is 16.5. The van der Waals surface area contributed by atoms with Gasteiger partial charge in [-0.3, -0.25) is 4.79 Å². The molecule has 0 aromatic heterocycles. The maximum atomic E-state index is 13.1. The fraction of sp³-hybridized carbons (Fsp3) is 0.619. The Hall–Kier alpha value is -1.84. The zero-order valence-corrected chi connectivity index (χ0v) is 16.1. The van der Waals surface area contributed by atoms with E-state index in [1.165, 1.54) is 0 Å². The quantitative estimate of drug-likeness (QED) is 0.735. The highest BCUT2D eigenvalue weighted by Gasteiger charge is 2.42. The molecule has 0 N–H and O–H groups in total. The van der Waals surface area contributed by atoms with Crippen molar-refractivity contribution in [2.24, 2.45) is 23.7 Å². The molecule has 0 aliphatic carbocycles. The summed E-state index contributed by atoms with van der Waals surface area (Å²) in [6.07, 6.45) is 0.683. The van der Waals surface area contributed by atoms with Crippen LogP contribution < -0.4 is 0 Å². The molecule has 0 radical (unpaired) electrons. The molecule has 1 saturated heterocycles. The highest BCUT2D eigenvalue weighted by Crippen LogP contribution is 2.30. The number of benzene rings is 1. The van der Waals surface area contributed by atoms with Gasteiger partial charge in [0.2, 0.25) is 5.91 Å². The van der Waals surface area contributed by atoms with Crippen LogP contribution in [0.5, 0.6) is 0 Å². The minimum Gasteiger partial charge on any atom is -0.459 e. The predicted octanol–water partition coefficient (Wildman–Crippen LogP) is 3.90. The molecule has 1 aromatic rings. The van der Waals surface area contributed by atoms with E-state index >= 15 is 0 Å². The molecule has 2 atom stereocenters. The van der Waals surface area contributed by atoms with Crippen molar-refractivity contribution < 1.29 is 14.3 Å². The minimum atomic E-state index is -0.453. The van der Waals surface area contributed by atoms with Crippen LogP contribution in [0.25, 0.3) is 0 Å². The van der Waals surface area contributed by atoms with Gasteiger partial charge in [-0.25, -0.2) is 4.79 Å². The van der Waals surface area contributed by atoms with E-state index in [-0.39, 0.29) is 36.2 Å². The molecule has 1 aliphatic heterocycles. The van der Waals surface area contributed by atoms with Crippen molar-refractivity contribution in [2.75, 3.05) is 6.54 Å². The number of carbonyl (C=O) groups excluding carboxylic acids is 2. The van der Waals surface area contributed by atoms with Gasteiger partial charge in [-0.05, 0) is 29.7 Å². The Morgan fingerprint density at radius 1 is 1.12 bits per heavy atom. The molecule has 0 saturated carbocycles. The molecular weight excluding hydrogens is 314 g/mol. The van der Waals surface area contributed by atoms with E-state index in [0.29, 0.717) is 18.9 Å². The molecular formula is C21H31NO3. The lowest BCUT2D eigenvalue weighted by atomic mass is 9.84. The summed E-state index contributed by atoms with van der Waals surface area (Å²) in [6.45, 7) is 11.3. The second kappa shape index (κ2) is 8.50. The standard InChI is InChI=1S/C21H31NO3/c1-14(2)19(15(3)4)20(23)22-12-16(5)11-18(22)21(24)25-13-17-9-7-6-8-10-17/h6-10,14-16,18-19H,11-13H2,1-5H3. The Labute approximate surface area is 151 Å². The lowest BCUT2D eigenvalue weighted by Crippen LogP contribution is -2.46. The molecule has 1 amide bonds. The third kappa shape index (κ3) is 4.83. The summed E-state index contributed by atoms with van der Waals surface area (Å²) in [6, 6.07) is 9.19. The van der Waals surface area contributed by atoms with Gasteiger partial charge in [-0.15, -0.1) is 0 Å². The fourth-order valence-corrected chi connectivity index (χ4v) is 3.87. The van der Waals surface area contributed by atoms with E-state index in [4.69, 9.17) is 4.74 Å². The first-order valence-corrected chi connectivity index (χ1v) is 9.32. The lowest BCUT2D eigenvalue weighted by molar-refractivity contribution is -0.156. The van der Waals surface area contributed by atoms with E-state index < -0.39 is 6.04 Å². The van der Waals surface area contributed by atoms with Crippen molar-refractivity contribution in [2.45, 2.75) is 53.7 Å². The molecule has 0 spiro atoms. The van der Waals surface area contributed by atoms with Gasteiger partial charge in [0.05, 0.1) is 0 Å². The van der Waals surface area contributed by atoms with E-state index in [1.54, 1.807) is 4.90 Å². The first kappa shape index (κ1) is 19.5. The zero-order chi connectivity index (χ0) is 18.6. The molecule has 1 aromatic carbocycles. The lowest BCUT2D eigenvalue weighted by Gasteiger charge is -2.31. The number of esters is 1. The Kier molecular flexibility index (Phi) is 6.63. The van der Waals surface area contributed by atoms with E-state index in [1.807, 2.05) is 30.3 Å². The highest BCUT2D eigenvalue weighted by molar-refractivity contribution is 5.86. The number of carbonyl (C=O) groups is 2. The van der Waals surface area contributed by atoms with Gasteiger partial charge >= 0.3 is 5.97 Å². The minimum absolute atomic E-state index is 0.0604. The average molecular weight is 345 g/mol. The Balaban J connectivity index is 2.07. The largest absolute Gasteiger partial charge is 0.459 e. The van der Waals surface area contributed by atoms with Gasteiger partial charge in [0.25, 0.3) is 0 Å². The first-order chi connectivity index (χ1) is 11.8. The molecule has 138 valence electrons. The number of likely N-dealkylation sites (tertiary alicyclic amines) is 1. The van der Waals surface area contributed by atoms with Crippen molar-refractivity contribution in [3.63, 3.8) is 0 Å². The third-order valence-corrected chi connectivity index (χ3v) is 5.01. The normalized spacial score (nSPS) is 20.6. The molecule has 4 nitrogen and oxygen atoms in total. The van der Waals surface area contributed by atoms with E-state index in [2.05, 4.69) is 34.6 Å². The van der Waals surface area contributed by atoms with Crippen LogP contribution in [0.1, 0.15) is 46.6 Å². The third-order valence-electron chi connectivity index (χ3n) is 5.01. The van der Waals surface area contributed by atoms with Crippen LogP contribution in [0.3, 0.4) is 0 Å². The second-order valence-corrected chi connectivity index (χ2v) is 7.95. The second-order valence-electron chi connectivity index (χ2n) is 7.95. The van der Waals surface area contributed by atoms with Crippen LogP contribution in [0.15, 0.2) is 30.3 Å². The van der Waals surface area contributed by atoms with Gasteiger partial charge in [0.15, 0.2) is 0 Å². The Bertz CT molecular complexity index is 574. The van der Waals surface area contributed by atoms with Gasteiger partial charge in [-0.1, -0.05) is 65.0 Å². The topological polar surface area (TPSA) is 46.6 Å². The van der Waals surface area contributed by atoms with Gasteiger partial charge < -0.3 is 9.64 Å². The van der Waals surface area contributed by atoms with Crippen LogP contribution in [-0.4, -0.2) is 29.4 Å². The number of amides is 1. The summed E-state index contributed by atoms with van der Waals surface area (Å²) in [5, 5.41) is 0. The maximum absolute atomic E-state index is 13.1. The van der Waals surface area contributed by atoms with Crippen LogP contribution in [0, 0.1) is 23.7 Å². The average Bonchev–Trinajstić information content (AvgIpc) is 2.95. The fourth-order valence-electron chi connectivity index (χ4n) is 3.87. The summed E-state index contributed by atoms with van der Waals surface area (Å²) < 4.78 is 5.51. The summed E-state index contributed by atoms with van der Waals surface area (Å²) in [5.41, 5.74) is 0.960. The van der Waals surface area contributed by atoms with Crippen molar-refractivity contribution in [1.82, 2.24) is 4.90 Å². The number of ether oxygens (including phenoxy) is 1. The number of rotatable bonds is 6. The number of hydrogen-bond donors (Lipinski definition) is 0. The molecule has 1 heterocycles. The molecule has 1 fully saturated rings. The predicted molar refractivity (Wildman–Crippen MR) is 98.7 cm³/mol. The summed E-state index contributed by atoms with van der Waals surface area (Å²) >= 11 is 0. The monoisotopic (exact) mass is 345 g/mol. The number of nitrogens with zero attached hydrogens (tertiary/aromatic N) is 1. The summed E-state index contributed by atoms with van der Waals surface area (Å²) in [7, 11) is 0. The molecule has 2 unspecified atom stereocenters. The van der Waals surface area contributed by atoms with Crippen molar-refractivity contribution in [3.8, 4) is 0 Å². The van der Waals surface area contributed by atoms with Crippen LogP contribution >= 0.6 is 0 Å². The van der Waals surface area contributed by atoms with Crippen molar-refractivity contribution in [3.05, 3.63) is 35.9 Å². The van der Waals surface area contributed by atoms with Crippen LogP contribution in [-0.2, 0) is 20.9 Å². The van der Waals surface area contributed by atoms with Crippen molar-refractivity contribution >= 4 is 11.9 Å². The van der Waals surface area contributed by atoms with Gasteiger partial charge in [0.1, 0.15) is 12.6 Å². The maximum Gasteiger partial charge on any atom is 0.329 e. The van der Waals surface area contributed by atoms with E-state index in [0.717, 1.165) is 5.56 Å². The zero-order valence-electron chi connectivity index (χ0n) is 16.1. The molecule has 4 heteroatoms. The first-order valence-electron chi connectivity index (χ1n) is 9.32. The van der Waals surface area contributed by atoms with Gasteiger partial charge in [-0.2, -0.15) is 0 Å². The molecule has 2 rings (SSSR count). The van der Waals surface area contributed by atoms with Crippen molar-refractivity contribution in [1.29, 1.82) is 0 Å². The Morgan fingerprint density at radius 3 is 2.28 bits per heavy atom. The summed E-state index contributed by atoms with van der Waals surface area (Å²) in [5.74, 6) is 0.575. The molecule has 1 aliphatic rings. The van der Waals surface area contributed by atoms with E-state index in [9.17, 15) is 9.59 Å². The van der Waals surface area contributed by atoms with Gasteiger partial charge in [0, 0.05) is 12.5 Å². The Morgan fingerprint density at radius 2 is 1.72 bits per heavy atom. The summed E-state index contributed by atoms with van der Waals surface area (Å²) in [4.78, 5) is 27.5.